The maximum atomic E-state index is 15.1. The molecule has 0 radical (unpaired) electrons. The van der Waals surface area contributed by atoms with Crippen LogP contribution in [0, 0.1) is 46.8 Å². The van der Waals surface area contributed by atoms with Gasteiger partial charge in [-0.05, 0) is 133 Å². The molecule has 0 saturated heterocycles. The first-order valence-corrected chi connectivity index (χ1v) is 24.5. The highest BCUT2D eigenvalue weighted by Gasteiger charge is 2.62. The third-order valence-electron chi connectivity index (χ3n) is 16.0. The highest BCUT2D eigenvalue weighted by molar-refractivity contribution is 5.94. The number of aldehydes is 1. The van der Waals surface area contributed by atoms with Gasteiger partial charge in [-0.2, -0.15) is 0 Å². The molecule has 12 atom stereocenters. The summed E-state index contributed by atoms with van der Waals surface area (Å²) in [7, 11) is 1.49. The van der Waals surface area contributed by atoms with Crippen LogP contribution >= 0.6 is 0 Å². The predicted octanol–water partition coefficient (Wildman–Crippen LogP) is 5.65. The summed E-state index contributed by atoms with van der Waals surface area (Å²) in [6.07, 6.45) is 2.80. The van der Waals surface area contributed by atoms with Gasteiger partial charge in [0.1, 0.15) is 31.2 Å². The van der Waals surface area contributed by atoms with Gasteiger partial charge >= 0.3 is 5.97 Å². The molecule has 3 saturated carbocycles. The summed E-state index contributed by atoms with van der Waals surface area (Å²) in [6.45, 7) is 1.79. The number of carbonyl (C=O) groups is 3. The number of methoxy groups -OCH3 is 1. The summed E-state index contributed by atoms with van der Waals surface area (Å²) in [5, 5.41) is 69.5. The molecule has 1 aliphatic heterocycles. The smallest absolute Gasteiger partial charge is 0.318 e. The van der Waals surface area contributed by atoms with Crippen molar-refractivity contribution in [1.82, 2.24) is 10.3 Å². The second-order valence-corrected chi connectivity index (χ2v) is 20.2. The number of aliphatic hydroxyl groups is 4. The first-order valence-electron chi connectivity index (χ1n) is 24.5. The van der Waals surface area contributed by atoms with Crippen molar-refractivity contribution in [2.75, 3.05) is 26.9 Å². The van der Waals surface area contributed by atoms with E-state index < -0.39 is 41.7 Å². The van der Waals surface area contributed by atoms with Crippen LogP contribution in [0.25, 0.3) is 16.5 Å². The fourth-order valence-electron chi connectivity index (χ4n) is 13.2. The third-order valence-corrected chi connectivity index (χ3v) is 16.0. The van der Waals surface area contributed by atoms with E-state index in [0.717, 1.165) is 45.1 Å². The fraction of sp³-hybridized carbons (Fsp3) is 0.509. The number of phenols is 2. The Morgan fingerprint density at radius 3 is 2.58 bits per heavy atom. The minimum atomic E-state index is -1.36. The van der Waals surface area contributed by atoms with Gasteiger partial charge in [0.05, 0.1) is 37.7 Å². The molecule has 366 valence electrons. The van der Waals surface area contributed by atoms with Gasteiger partial charge in [0.2, 0.25) is 0 Å². The predicted molar refractivity (Wildman–Crippen MR) is 257 cm³/mol. The van der Waals surface area contributed by atoms with Gasteiger partial charge in [-0.15, -0.1) is 0 Å². The number of H-pyrrole nitrogens is 1. The van der Waals surface area contributed by atoms with Gasteiger partial charge in [-0.25, -0.2) is 0 Å². The largest absolute Gasteiger partial charge is 0.504 e. The van der Waals surface area contributed by atoms with E-state index in [-0.39, 0.29) is 110 Å². The van der Waals surface area contributed by atoms with Crippen molar-refractivity contribution in [2.45, 2.75) is 114 Å². The Labute approximate surface area is 402 Å². The Morgan fingerprint density at radius 1 is 0.986 bits per heavy atom. The lowest BCUT2D eigenvalue weighted by Crippen LogP contribution is -2.53. The summed E-state index contributed by atoms with van der Waals surface area (Å²) >= 11 is 0. The van der Waals surface area contributed by atoms with Crippen molar-refractivity contribution in [3.8, 4) is 34.8 Å². The standard InChI is InChI=1S/C55H64N2O12/c1-30(60)28-56-34-20-33(29-59)55(27-34)26-32-19-43-40-24-48(65)49(67-2)25-41(40)42(53(32)39-13-12-35(61)22-44(39)55)21-36(62)23-51(47(64)17-31-11-14-46(63)50(18-31)68-16-15-58)69-52(66)10-6-4-8-38-37-7-3-5-9-45(37)57-54(38)43/h3,5,7,9,11,14,18-19,24-25,29-30,32-35,39,42,44,47,51,53,56-58,60-61,63-65H,8,10,12-13,15-17,20-23,26-28H2,1-2H3/t30-,32-,33-,34+,35+,39-,42+,44-,47+,51-,53-,55-/m0/s1. The normalized spacial score (nSPS) is 29.8. The van der Waals surface area contributed by atoms with E-state index in [2.05, 4.69) is 28.2 Å². The molecule has 2 heterocycles. The van der Waals surface area contributed by atoms with Crippen LogP contribution in [0.15, 0.2) is 60.7 Å². The van der Waals surface area contributed by atoms with E-state index in [4.69, 9.17) is 14.2 Å². The summed E-state index contributed by atoms with van der Waals surface area (Å²) in [5.41, 5.74) is 4.93. The molecule has 14 heteroatoms. The monoisotopic (exact) mass is 944 g/mol. The van der Waals surface area contributed by atoms with Crippen LogP contribution in [0.1, 0.15) is 98.6 Å². The lowest BCUT2D eigenvalue weighted by atomic mass is 9.46. The Hall–Kier alpha value is -5.69. The number of esters is 1. The van der Waals surface area contributed by atoms with Crippen molar-refractivity contribution in [2.24, 2.45) is 35.0 Å². The molecule has 1 spiro atoms. The van der Waals surface area contributed by atoms with Crippen molar-refractivity contribution in [1.29, 1.82) is 0 Å². The molecular formula is C55H64N2O12. The number of ketones is 1. The molecule has 14 nitrogen and oxygen atoms in total. The molecule has 4 aliphatic carbocycles. The summed E-state index contributed by atoms with van der Waals surface area (Å²) in [4.78, 5) is 45.9. The van der Waals surface area contributed by atoms with Gasteiger partial charge < -0.3 is 59.9 Å². The molecule has 9 rings (SSSR count). The molecule has 1 aromatic heterocycles. The number of nitrogens with one attached hydrogen (secondary N) is 2. The number of benzene rings is 3. The van der Waals surface area contributed by atoms with Crippen LogP contribution in [-0.4, -0.2) is 111 Å². The second kappa shape index (κ2) is 20.3. The Morgan fingerprint density at radius 2 is 1.80 bits per heavy atom. The Balaban J connectivity index is 1.21. The average molecular weight is 945 g/mol. The van der Waals surface area contributed by atoms with Crippen LogP contribution in [-0.2, 0) is 32.0 Å². The van der Waals surface area contributed by atoms with Gasteiger partial charge in [-0.1, -0.05) is 42.2 Å². The zero-order chi connectivity index (χ0) is 48.6. The molecule has 0 unspecified atom stereocenters. The molecule has 2 bridgehead atoms. The fourth-order valence-corrected chi connectivity index (χ4v) is 13.2. The molecule has 3 aromatic carbocycles. The summed E-state index contributed by atoms with van der Waals surface area (Å²) in [5.74, 6) is 4.05. The minimum absolute atomic E-state index is 0.0177. The topological polar surface area (TPSA) is 228 Å². The lowest BCUT2D eigenvalue weighted by Gasteiger charge is -2.58. The summed E-state index contributed by atoms with van der Waals surface area (Å²) < 4.78 is 17.3. The van der Waals surface area contributed by atoms with Crippen molar-refractivity contribution in [3.05, 3.63) is 88.6 Å². The quantitative estimate of drug-likeness (QED) is 0.0518. The molecule has 0 amide bonds. The number of Topliss-reactive ketones (excluding diaryl/α,β-unsaturated/α-hetero) is 1. The van der Waals surface area contributed by atoms with Gasteiger partial charge in [0.25, 0.3) is 0 Å². The number of aromatic amines is 1. The van der Waals surface area contributed by atoms with E-state index >= 15 is 4.79 Å². The molecule has 5 aliphatic rings. The number of aliphatic hydroxyl groups excluding tert-OH is 4. The van der Waals surface area contributed by atoms with Crippen molar-refractivity contribution < 1.29 is 59.2 Å². The van der Waals surface area contributed by atoms with E-state index in [1.165, 1.54) is 19.2 Å². The number of para-hydroxylation sites is 1. The highest BCUT2D eigenvalue weighted by Crippen LogP contribution is 2.67. The van der Waals surface area contributed by atoms with Gasteiger partial charge in [0.15, 0.2) is 23.0 Å². The number of cyclic esters (lactones) is 1. The first kappa shape index (κ1) is 48.3. The maximum Gasteiger partial charge on any atom is 0.318 e. The van der Waals surface area contributed by atoms with E-state index in [0.29, 0.717) is 50.6 Å². The Kier molecular flexibility index (Phi) is 14.2. The van der Waals surface area contributed by atoms with E-state index in [9.17, 15) is 40.2 Å². The van der Waals surface area contributed by atoms with E-state index in [1.54, 1.807) is 19.1 Å². The number of hydrogen-bond donors (Lipinski definition) is 8. The highest BCUT2D eigenvalue weighted by atomic mass is 16.6. The zero-order valence-corrected chi connectivity index (χ0v) is 39.2. The number of aromatic hydroxyl groups is 2. The van der Waals surface area contributed by atoms with E-state index in [1.807, 2.05) is 30.3 Å². The van der Waals surface area contributed by atoms with Gasteiger partial charge in [0, 0.05) is 60.7 Å². The van der Waals surface area contributed by atoms with Crippen LogP contribution in [0.2, 0.25) is 0 Å². The number of ether oxygens (including phenoxy) is 3. The lowest BCUT2D eigenvalue weighted by molar-refractivity contribution is -0.155. The van der Waals surface area contributed by atoms with Crippen LogP contribution in [0.5, 0.6) is 23.0 Å². The SMILES string of the molecule is COc1cc2c(cc1O)C1=C[C@H]3C[C@@]4(C[C@H](NC[C@H](C)O)C[C@H]4C=O)[C@H]4C[C@H](O)CC[C@@H]4[C@H]3[C@@H]2CC(=O)C[C@@H]([C@H](O)Cc2ccc(O)c(OCCO)c2)OC(=O)CC#CCc2c1[nH]c1ccccc21. The molecule has 3 fully saturated rings. The molecule has 69 heavy (non-hydrogen) atoms. The number of phenolic OH excluding ortho intramolecular Hbond substituents is 2. The number of aromatic nitrogens is 1. The number of carbonyl (C=O) groups excluding carboxylic acids is 3. The number of rotatable bonds is 11. The number of allylic oxidation sites excluding steroid dienone is 1. The average Bonchev–Trinajstić information content (AvgIpc) is 3.84. The van der Waals surface area contributed by atoms with Gasteiger partial charge in [-0.3, -0.25) is 9.59 Å². The van der Waals surface area contributed by atoms with Crippen molar-refractivity contribution >= 4 is 34.5 Å². The zero-order valence-electron chi connectivity index (χ0n) is 39.2. The number of fused-ring (bicyclic) bond motifs is 9. The number of hydrogen-bond acceptors (Lipinski definition) is 13. The first-order chi connectivity index (χ1) is 33.3. The van der Waals surface area contributed by atoms with Crippen molar-refractivity contribution in [3.63, 3.8) is 0 Å². The second-order valence-electron chi connectivity index (χ2n) is 20.2. The maximum absolute atomic E-state index is 15.1. The summed E-state index contributed by atoms with van der Waals surface area (Å²) in [6, 6.07) is 16.0. The Bertz CT molecular complexity index is 2660. The van der Waals surface area contributed by atoms with Crippen LogP contribution in [0.3, 0.4) is 0 Å². The molecule has 8 N–H and O–H groups in total. The minimum Gasteiger partial charge on any atom is -0.504 e. The molecule has 4 aromatic rings. The van der Waals surface area contributed by atoms with Crippen LogP contribution < -0.4 is 14.8 Å². The molecular weight excluding hydrogens is 881 g/mol. The third kappa shape index (κ3) is 9.64. The van der Waals surface area contributed by atoms with Crippen LogP contribution in [0.4, 0.5) is 0 Å².